The Labute approximate surface area is 123 Å². The molecule has 8 nitrogen and oxygen atoms in total. The fraction of sp³-hybridized carbons (Fsp3) is 0.0714. The molecule has 0 fully saturated rings. The third kappa shape index (κ3) is 1.97. The van der Waals surface area contributed by atoms with E-state index in [1.54, 1.807) is 18.3 Å². The van der Waals surface area contributed by atoms with Crippen molar-refractivity contribution in [3.63, 3.8) is 0 Å². The number of aromatic nitrogens is 6. The zero-order valence-electron chi connectivity index (χ0n) is 11.5. The smallest absolute Gasteiger partial charge is 0.323 e. The third-order valence-electron chi connectivity index (χ3n) is 3.34. The Morgan fingerprint density at radius 3 is 2.91 bits per heavy atom. The van der Waals surface area contributed by atoms with Crippen molar-refractivity contribution >= 4 is 11.0 Å². The van der Waals surface area contributed by atoms with Crippen LogP contribution in [0.3, 0.4) is 0 Å². The van der Waals surface area contributed by atoms with Gasteiger partial charge in [-0.1, -0.05) is 5.16 Å². The van der Waals surface area contributed by atoms with Crippen molar-refractivity contribution in [2.24, 2.45) is 0 Å². The minimum atomic E-state index is -0.252. The van der Waals surface area contributed by atoms with Gasteiger partial charge in [0.1, 0.15) is 6.33 Å². The molecule has 0 aliphatic heterocycles. The second-order valence-electron chi connectivity index (χ2n) is 4.78. The van der Waals surface area contributed by atoms with Gasteiger partial charge in [-0.15, -0.1) is 0 Å². The molecule has 4 aromatic rings. The molecule has 0 spiro atoms. The molecule has 0 atom stereocenters. The maximum atomic E-state index is 11.3. The van der Waals surface area contributed by atoms with Crippen molar-refractivity contribution < 1.29 is 4.52 Å². The van der Waals surface area contributed by atoms with E-state index in [4.69, 9.17) is 4.52 Å². The van der Waals surface area contributed by atoms with E-state index in [1.807, 2.05) is 13.0 Å². The lowest BCUT2D eigenvalue weighted by Crippen LogP contribution is -1.99. The molecule has 1 aromatic carbocycles. The Hall–Kier alpha value is -3.29. The highest BCUT2D eigenvalue weighted by Gasteiger charge is 2.14. The molecule has 0 bridgehead atoms. The average Bonchev–Trinajstić information content (AvgIpc) is 3.12. The van der Waals surface area contributed by atoms with Gasteiger partial charge in [0.15, 0.2) is 0 Å². The molecule has 4 rings (SSSR count). The van der Waals surface area contributed by atoms with Gasteiger partial charge in [0.05, 0.1) is 22.3 Å². The van der Waals surface area contributed by atoms with Gasteiger partial charge in [-0.05, 0) is 25.1 Å². The number of H-pyrrole nitrogens is 2. The molecule has 0 amide bonds. The zero-order valence-corrected chi connectivity index (χ0v) is 11.5. The maximum Gasteiger partial charge on any atom is 0.323 e. The van der Waals surface area contributed by atoms with E-state index in [9.17, 15) is 4.79 Å². The summed E-state index contributed by atoms with van der Waals surface area (Å²) in [6.07, 6.45) is 3.10. The fourth-order valence-electron chi connectivity index (χ4n) is 2.22. The standard InChI is InChI=1S/C14H10N6O2/c1-7-9(5-15-6-16-7)13-19-12(20-22-13)8-2-3-10-11(4-8)18-14(21)17-10/h2-6H,1H3,(H2,17,18,21). The molecular formula is C14H10N6O2. The number of aryl methyl sites for hydroxylation is 1. The van der Waals surface area contributed by atoms with Crippen LogP contribution in [-0.2, 0) is 0 Å². The summed E-state index contributed by atoms with van der Waals surface area (Å²) >= 11 is 0. The number of imidazole rings is 1. The zero-order chi connectivity index (χ0) is 15.1. The molecule has 0 radical (unpaired) electrons. The van der Waals surface area contributed by atoms with Crippen LogP contribution in [0.4, 0.5) is 0 Å². The topological polar surface area (TPSA) is 113 Å². The number of nitrogens with zero attached hydrogens (tertiary/aromatic N) is 4. The maximum absolute atomic E-state index is 11.3. The van der Waals surface area contributed by atoms with Gasteiger partial charge in [-0.25, -0.2) is 14.8 Å². The van der Waals surface area contributed by atoms with Gasteiger partial charge < -0.3 is 14.5 Å². The number of rotatable bonds is 2. The third-order valence-corrected chi connectivity index (χ3v) is 3.34. The van der Waals surface area contributed by atoms with Crippen LogP contribution in [0.15, 0.2) is 40.0 Å². The van der Waals surface area contributed by atoms with Crippen LogP contribution in [0.2, 0.25) is 0 Å². The summed E-state index contributed by atoms with van der Waals surface area (Å²) < 4.78 is 5.28. The molecule has 3 heterocycles. The Bertz CT molecular complexity index is 1030. The van der Waals surface area contributed by atoms with Crippen LogP contribution in [0, 0.1) is 6.92 Å². The van der Waals surface area contributed by atoms with Crippen molar-refractivity contribution in [1.82, 2.24) is 30.1 Å². The van der Waals surface area contributed by atoms with Crippen LogP contribution < -0.4 is 5.69 Å². The van der Waals surface area contributed by atoms with Crippen LogP contribution >= 0.6 is 0 Å². The molecular weight excluding hydrogens is 284 g/mol. The normalized spacial score (nSPS) is 11.1. The first-order chi connectivity index (χ1) is 10.7. The summed E-state index contributed by atoms with van der Waals surface area (Å²) in [5.74, 6) is 0.790. The molecule has 22 heavy (non-hydrogen) atoms. The van der Waals surface area contributed by atoms with E-state index in [0.717, 1.165) is 16.8 Å². The SMILES string of the molecule is Cc1ncncc1-c1nc(-c2ccc3[nH]c(=O)[nH]c3c2)no1. The van der Waals surface area contributed by atoms with Gasteiger partial charge in [0.2, 0.25) is 5.82 Å². The monoisotopic (exact) mass is 294 g/mol. The number of hydrogen-bond donors (Lipinski definition) is 2. The predicted molar refractivity (Wildman–Crippen MR) is 78.0 cm³/mol. The number of fused-ring (bicyclic) bond motifs is 1. The van der Waals surface area contributed by atoms with Gasteiger partial charge in [0, 0.05) is 11.8 Å². The fourth-order valence-corrected chi connectivity index (χ4v) is 2.22. The van der Waals surface area contributed by atoms with E-state index in [1.165, 1.54) is 6.33 Å². The first kappa shape index (κ1) is 12.5. The van der Waals surface area contributed by atoms with Crippen molar-refractivity contribution in [1.29, 1.82) is 0 Å². The lowest BCUT2D eigenvalue weighted by molar-refractivity contribution is 0.431. The van der Waals surface area contributed by atoms with E-state index in [2.05, 4.69) is 30.1 Å². The lowest BCUT2D eigenvalue weighted by Gasteiger charge is -1.96. The van der Waals surface area contributed by atoms with Crippen molar-refractivity contribution in [2.75, 3.05) is 0 Å². The second-order valence-corrected chi connectivity index (χ2v) is 4.78. The largest absolute Gasteiger partial charge is 0.333 e. The van der Waals surface area contributed by atoms with Crippen molar-refractivity contribution in [3.8, 4) is 22.8 Å². The van der Waals surface area contributed by atoms with Gasteiger partial charge >= 0.3 is 5.69 Å². The molecule has 0 aliphatic carbocycles. The van der Waals surface area contributed by atoms with E-state index in [0.29, 0.717) is 22.8 Å². The average molecular weight is 294 g/mol. The Kier molecular flexibility index (Phi) is 2.62. The van der Waals surface area contributed by atoms with Gasteiger partial charge in [-0.2, -0.15) is 4.98 Å². The molecule has 0 saturated carbocycles. The molecule has 3 aromatic heterocycles. The van der Waals surface area contributed by atoms with E-state index >= 15 is 0 Å². The van der Waals surface area contributed by atoms with Crippen LogP contribution in [0.5, 0.6) is 0 Å². The van der Waals surface area contributed by atoms with Gasteiger partial charge in [-0.3, -0.25) is 0 Å². The molecule has 108 valence electrons. The molecule has 0 unspecified atom stereocenters. The second kappa shape index (κ2) is 4.62. The van der Waals surface area contributed by atoms with Crippen LogP contribution in [0.25, 0.3) is 33.9 Å². The Morgan fingerprint density at radius 1 is 1.18 bits per heavy atom. The highest BCUT2D eigenvalue weighted by Crippen LogP contribution is 2.24. The number of hydrogen-bond acceptors (Lipinski definition) is 6. The van der Waals surface area contributed by atoms with Crippen molar-refractivity contribution in [2.45, 2.75) is 6.92 Å². The summed E-state index contributed by atoms with van der Waals surface area (Å²) in [5.41, 5.74) is 3.36. The molecule has 8 heteroatoms. The van der Waals surface area contributed by atoms with Crippen molar-refractivity contribution in [3.05, 3.63) is 46.9 Å². The van der Waals surface area contributed by atoms with Crippen LogP contribution in [-0.4, -0.2) is 30.1 Å². The van der Waals surface area contributed by atoms with Crippen LogP contribution in [0.1, 0.15) is 5.69 Å². The quantitative estimate of drug-likeness (QED) is 0.581. The van der Waals surface area contributed by atoms with E-state index in [-0.39, 0.29) is 5.69 Å². The summed E-state index contributed by atoms with van der Waals surface area (Å²) in [5, 5.41) is 3.97. The lowest BCUT2D eigenvalue weighted by atomic mass is 10.2. The highest BCUT2D eigenvalue weighted by atomic mass is 16.5. The number of benzene rings is 1. The van der Waals surface area contributed by atoms with E-state index < -0.39 is 0 Å². The minimum absolute atomic E-state index is 0.252. The summed E-state index contributed by atoms with van der Waals surface area (Å²) in [7, 11) is 0. The summed E-state index contributed by atoms with van der Waals surface area (Å²) in [6.45, 7) is 1.84. The minimum Gasteiger partial charge on any atom is -0.333 e. The number of aromatic amines is 2. The summed E-state index contributed by atoms with van der Waals surface area (Å²) in [4.78, 5) is 29.1. The Balaban J connectivity index is 1.79. The summed E-state index contributed by atoms with van der Waals surface area (Å²) in [6, 6.07) is 5.39. The predicted octanol–water partition coefficient (Wildman–Crippen LogP) is 1.67. The highest BCUT2D eigenvalue weighted by molar-refractivity contribution is 5.80. The molecule has 0 aliphatic rings. The molecule has 2 N–H and O–H groups in total. The van der Waals surface area contributed by atoms with Gasteiger partial charge in [0.25, 0.3) is 5.89 Å². The first-order valence-electron chi connectivity index (χ1n) is 6.54. The Morgan fingerprint density at radius 2 is 2.05 bits per heavy atom. The molecule has 0 saturated heterocycles. The number of nitrogens with one attached hydrogen (secondary N) is 2. The first-order valence-corrected chi connectivity index (χ1v) is 6.54.